The van der Waals surface area contributed by atoms with Crippen LogP contribution in [-0.4, -0.2) is 34.8 Å². The van der Waals surface area contributed by atoms with Gasteiger partial charge in [-0.15, -0.1) is 11.8 Å². The van der Waals surface area contributed by atoms with Gasteiger partial charge >= 0.3 is 0 Å². The number of rotatable bonds is 4. The summed E-state index contributed by atoms with van der Waals surface area (Å²) in [5.41, 5.74) is 7.08. The van der Waals surface area contributed by atoms with Crippen LogP contribution in [0.25, 0.3) is 0 Å². The van der Waals surface area contributed by atoms with Crippen LogP contribution in [0.2, 0.25) is 0 Å². The third-order valence-corrected chi connectivity index (χ3v) is 4.49. The van der Waals surface area contributed by atoms with E-state index in [9.17, 15) is 0 Å². The van der Waals surface area contributed by atoms with E-state index in [0.29, 0.717) is 17.0 Å². The second-order valence-corrected chi connectivity index (χ2v) is 5.63. The van der Waals surface area contributed by atoms with Crippen molar-refractivity contribution in [2.45, 2.75) is 23.3 Å². The lowest BCUT2D eigenvalue weighted by molar-refractivity contribution is 0.0999. The number of thioether (sulfide) groups is 1. The standard InChI is InChI=1S/C11H19N3OS/c1-14-8-9(7-13-14)11(6-12)16-10-2-4-15-5-3-10/h7-8,10-11H,2-6,12H2,1H3. The molecule has 1 aromatic heterocycles. The first-order valence-corrected chi connectivity index (χ1v) is 6.65. The highest BCUT2D eigenvalue weighted by molar-refractivity contribution is 8.00. The third-order valence-electron chi connectivity index (χ3n) is 2.84. The molecule has 1 aliphatic rings. The first kappa shape index (κ1) is 12.0. The Hall–Kier alpha value is -0.520. The molecular formula is C11H19N3OS. The molecule has 1 saturated heterocycles. The minimum atomic E-state index is 0.372. The molecule has 0 amide bonds. The molecule has 1 unspecified atom stereocenters. The quantitative estimate of drug-likeness (QED) is 0.864. The summed E-state index contributed by atoms with van der Waals surface area (Å²) in [5, 5.41) is 5.26. The van der Waals surface area contributed by atoms with E-state index in [2.05, 4.69) is 11.3 Å². The van der Waals surface area contributed by atoms with Crippen LogP contribution in [0, 0.1) is 0 Å². The zero-order chi connectivity index (χ0) is 11.4. The first-order chi connectivity index (χ1) is 7.79. The fraction of sp³-hybridized carbons (Fsp3) is 0.727. The Bertz CT molecular complexity index is 323. The van der Waals surface area contributed by atoms with Gasteiger partial charge < -0.3 is 10.5 Å². The van der Waals surface area contributed by atoms with Crippen molar-refractivity contribution in [1.82, 2.24) is 9.78 Å². The summed E-state index contributed by atoms with van der Waals surface area (Å²) >= 11 is 1.97. The van der Waals surface area contributed by atoms with Crippen molar-refractivity contribution < 1.29 is 4.74 Å². The molecule has 0 radical (unpaired) electrons. The fourth-order valence-electron chi connectivity index (χ4n) is 1.92. The lowest BCUT2D eigenvalue weighted by Gasteiger charge is -2.25. The lowest BCUT2D eigenvalue weighted by Crippen LogP contribution is -2.20. The van der Waals surface area contributed by atoms with Crippen LogP contribution in [0.15, 0.2) is 12.4 Å². The number of ether oxygens (including phenoxy) is 1. The maximum absolute atomic E-state index is 5.84. The van der Waals surface area contributed by atoms with Crippen LogP contribution >= 0.6 is 11.8 Å². The van der Waals surface area contributed by atoms with Gasteiger partial charge in [0, 0.05) is 49.1 Å². The van der Waals surface area contributed by atoms with Crippen molar-refractivity contribution in [2.24, 2.45) is 12.8 Å². The molecule has 0 aromatic carbocycles. The van der Waals surface area contributed by atoms with Gasteiger partial charge in [-0.1, -0.05) is 0 Å². The van der Waals surface area contributed by atoms with E-state index in [0.717, 1.165) is 26.1 Å². The summed E-state index contributed by atoms with van der Waals surface area (Å²) in [6.07, 6.45) is 6.26. The molecule has 1 aliphatic heterocycles. The Morgan fingerprint density at radius 2 is 2.38 bits per heavy atom. The zero-order valence-electron chi connectivity index (χ0n) is 9.63. The average molecular weight is 241 g/mol. The van der Waals surface area contributed by atoms with Crippen LogP contribution < -0.4 is 5.73 Å². The van der Waals surface area contributed by atoms with Gasteiger partial charge in [0.1, 0.15) is 0 Å². The molecule has 0 aliphatic carbocycles. The SMILES string of the molecule is Cn1cc(C(CN)SC2CCOCC2)cn1. The van der Waals surface area contributed by atoms with Crippen LogP contribution in [0.1, 0.15) is 23.7 Å². The van der Waals surface area contributed by atoms with Gasteiger partial charge in [-0.3, -0.25) is 4.68 Å². The summed E-state index contributed by atoms with van der Waals surface area (Å²) in [5.74, 6) is 0. The lowest BCUT2D eigenvalue weighted by atomic mass is 10.2. The molecular weight excluding hydrogens is 222 g/mol. The predicted octanol–water partition coefficient (Wildman–Crippen LogP) is 1.33. The van der Waals surface area contributed by atoms with Gasteiger partial charge in [0.2, 0.25) is 0 Å². The third kappa shape index (κ3) is 2.99. The van der Waals surface area contributed by atoms with Crippen molar-refractivity contribution in [2.75, 3.05) is 19.8 Å². The van der Waals surface area contributed by atoms with E-state index in [1.807, 2.05) is 29.7 Å². The van der Waals surface area contributed by atoms with E-state index in [1.54, 1.807) is 0 Å². The highest BCUT2D eigenvalue weighted by atomic mass is 32.2. The maximum Gasteiger partial charge on any atom is 0.0533 e. The van der Waals surface area contributed by atoms with Gasteiger partial charge in [0.25, 0.3) is 0 Å². The highest BCUT2D eigenvalue weighted by Crippen LogP contribution is 2.35. The Kier molecular flexibility index (Phi) is 4.26. The highest BCUT2D eigenvalue weighted by Gasteiger charge is 2.20. The van der Waals surface area contributed by atoms with Gasteiger partial charge in [0.05, 0.1) is 6.20 Å². The monoisotopic (exact) mass is 241 g/mol. The molecule has 2 heterocycles. The molecule has 1 atom stereocenters. The molecule has 4 nitrogen and oxygen atoms in total. The average Bonchev–Trinajstić information content (AvgIpc) is 2.74. The van der Waals surface area contributed by atoms with Gasteiger partial charge in [-0.2, -0.15) is 5.10 Å². The summed E-state index contributed by atoms with van der Waals surface area (Å²) in [6, 6.07) is 0. The van der Waals surface area contributed by atoms with Crippen molar-refractivity contribution >= 4 is 11.8 Å². The van der Waals surface area contributed by atoms with Crippen molar-refractivity contribution in [3.8, 4) is 0 Å². The van der Waals surface area contributed by atoms with E-state index in [-0.39, 0.29) is 0 Å². The van der Waals surface area contributed by atoms with Crippen LogP contribution in [0.3, 0.4) is 0 Å². The van der Waals surface area contributed by atoms with E-state index in [1.165, 1.54) is 5.56 Å². The molecule has 0 saturated carbocycles. The smallest absolute Gasteiger partial charge is 0.0533 e. The Balaban J connectivity index is 1.94. The van der Waals surface area contributed by atoms with Gasteiger partial charge in [0.15, 0.2) is 0 Å². The summed E-state index contributed by atoms with van der Waals surface area (Å²) < 4.78 is 7.20. The molecule has 5 heteroatoms. The largest absolute Gasteiger partial charge is 0.381 e. The van der Waals surface area contributed by atoms with Crippen molar-refractivity contribution in [3.63, 3.8) is 0 Å². The van der Waals surface area contributed by atoms with Crippen LogP contribution in [0.5, 0.6) is 0 Å². The molecule has 90 valence electrons. The van der Waals surface area contributed by atoms with Crippen molar-refractivity contribution in [3.05, 3.63) is 18.0 Å². The second kappa shape index (κ2) is 5.70. The number of hydrogen-bond donors (Lipinski definition) is 1. The Morgan fingerprint density at radius 3 is 2.94 bits per heavy atom. The van der Waals surface area contributed by atoms with E-state index in [4.69, 9.17) is 10.5 Å². The number of nitrogens with zero attached hydrogens (tertiary/aromatic N) is 2. The Labute approximate surface area is 101 Å². The summed E-state index contributed by atoms with van der Waals surface area (Å²) in [6.45, 7) is 2.46. The van der Waals surface area contributed by atoms with Crippen molar-refractivity contribution in [1.29, 1.82) is 0 Å². The summed E-state index contributed by atoms with van der Waals surface area (Å²) in [4.78, 5) is 0. The topological polar surface area (TPSA) is 53.1 Å². The number of aromatic nitrogens is 2. The first-order valence-electron chi connectivity index (χ1n) is 5.71. The van der Waals surface area contributed by atoms with Crippen LogP contribution in [0.4, 0.5) is 0 Å². The minimum Gasteiger partial charge on any atom is -0.381 e. The zero-order valence-corrected chi connectivity index (χ0v) is 10.4. The maximum atomic E-state index is 5.84. The number of hydrogen-bond acceptors (Lipinski definition) is 4. The second-order valence-electron chi connectivity index (χ2n) is 4.12. The molecule has 1 fully saturated rings. The molecule has 16 heavy (non-hydrogen) atoms. The normalized spacial score (nSPS) is 19.9. The van der Waals surface area contributed by atoms with Gasteiger partial charge in [-0.25, -0.2) is 0 Å². The Morgan fingerprint density at radius 1 is 1.62 bits per heavy atom. The van der Waals surface area contributed by atoms with Gasteiger partial charge in [-0.05, 0) is 12.8 Å². The molecule has 2 rings (SSSR count). The molecule has 0 bridgehead atoms. The number of nitrogens with two attached hydrogens (primary N) is 1. The minimum absolute atomic E-state index is 0.372. The molecule has 2 N–H and O–H groups in total. The summed E-state index contributed by atoms with van der Waals surface area (Å²) in [7, 11) is 1.94. The van der Waals surface area contributed by atoms with Crippen LogP contribution in [-0.2, 0) is 11.8 Å². The molecule has 0 spiro atoms. The number of aryl methyl sites for hydroxylation is 1. The van der Waals surface area contributed by atoms with E-state index < -0.39 is 0 Å². The fourth-order valence-corrected chi connectivity index (χ4v) is 3.24. The van der Waals surface area contributed by atoms with E-state index >= 15 is 0 Å². The molecule has 1 aromatic rings. The predicted molar refractivity (Wildman–Crippen MR) is 66.4 cm³/mol.